The molecule has 0 aliphatic carbocycles. The lowest BCUT2D eigenvalue weighted by atomic mass is 10.1. The van der Waals surface area contributed by atoms with Crippen molar-refractivity contribution in [2.75, 3.05) is 24.6 Å². The van der Waals surface area contributed by atoms with E-state index in [2.05, 4.69) is 5.10 Å². The molecule has 18 heavy (non-hydrogen) atoms. The van der Waals surface area contributed by atoms with Crippen molar-refractivity contribution >= 4 is 5.82 Å². The van der Waals surface area contributed by atoms with E-state index in [0.717, 1.165) is 24.0 Å². The molecule has 1 saturated heterocycles. The standard InChI is InChI=1S/C11H18N4O3/c1-13-10(17)9(12-14(2)11(13)18)15-5-3-8(7-15)4-6-16/h8,16H,3-7H2,1-2H3. The molecule has 1 atom stereocenters. The van der Waals surface area contributed by atoms with Gasteiger partial charge in [0.25, 0.3) is 5.56 Å². The van der Waals surface area contributed by atoms with E-state index in [1.165, 1.54) is 18.8 Å². The van der Waals surface area contributed by atoms with Crippen molar-refractivity contribution in [3.63, 3.8) is 0 Å². The van der Waals surface area contributed by atoms with Crippen molar-refractivity contribution in [2.45, 2.75) is 12.8 Å². The molecule has 1 unspecified atom stereocenters. The molecule has 1 aromatic heterocycles. The first-order chi connectivity index (χ1) is 8.54. The number of anilines is 1. The van der Waals surface area contributed by atoms with Crippen molar-refractivity contribution in [2.24, 2.45) is 20.0 Å². The van der Waals surface area contributed by atoms with E-state index < -0.39 is 5.69 Å². The summed E-state index contributed by atoms with van der Waals surface area (Å²) in [6.45, 7) is 1.61. The molecular formula is C11H18N4O3. The number of hydrogen-bond donors (Lipinski definition) is 1. The number of aliphatic hydroxyl groups is 1. The topological polar surface area (TPSA) is 80.4 Å². The maximum Gasteiger partial charge on any atom is 0.346 e. The van der Waals surface area contributed by atoms with Crippen LogP contribution < -0.4 is 16.1 Å². The number of rotatable bonds is 3. The summed E-state index contributed by atoms with van der Waals surface area (Å²) in [4.78, 5) is 25.4. The Bertz CT molecular complexity index is 548. The van der Waals surface area contributed by atoms with E-state index in [1.807, 2.05) is 4.90 Å². The predicted octanol–water partition coefficient (Wildman–Crippen LogP) is -1.31. The zero-order chi connectivity index (χ0) is 13.3. The van der Waals surface area contributed by atoms with Crippen LogP contribution in [0.1, 0.15) is 12.8 Å². The summed E-state index contributed by atoms with van der Waals surface area (Å²) in [7, 11) is 2.99. The second-order valence-electron chi connectivity index (χ2n) is 4.71. The van der Waals surface area contributed by atoms with Crippen LogP contribution in [0.5, 0.6) is 0 Å². The Morgan fingerprint density at radius 3 is 2.78 bits per heavy atom. The zero-order valence-corrected chi connectivity index (χ0v) is 10.7. The molecule has 0 saturated carbocycles. The molecule has 2 rings (SSSR count). The molecule has 100 valence electrons. The van der Waals surface area contributed by atoms with E-state index in [-0.39, 0.29) is 12.2 Å². The smallest absolute Gasteiger partial charge is 0.346 e. The van der Waals surface area contributed by atoms with Gasteiger partial charge in [0.05, 0.1) is 0 Å². The maximum atomic E-state index is 12.0. The van der Waals surface area contributed by atoms with Gasteiger partial charge in [-0.05, 0) is 18.8 Å². The Labute approximate surface area is 104 Å². The highest BCUT2D eigenvalue weighted by molar-refractivity contribution is 5.36. The summed E-state index contributed by atoms with van der Waals surface area (Å²) in [5, 5.41) is 13.0. The highest BCUT2D eigenvalue weighted by Gasteiger charge is 2.26. The molecule has 0 bridgehead atoms. The molecule has 0 spiro atoms. The van der Waals surface area contributed by atoms with Crippen LogP contribution in [-0.4, -0.2) is 39.2 Å². The molecule has 1 aliphatic rings. The van der Waals surface area contributed by atoms with Gasteiger partial charge in [0.2, 0.25) is 5.82 Å². The molecule has 0 amide bonds. The summed E-state index contributed by atoms with van der Waals surface area (Å²) in [5.41, 5.74) is -0.780. The summed E-state index contributed by atoms with van der Waals surface area (Å²) < 4.78 is 2.25. The van der Waals surface area contributed by atoms with Crippen LogP contribution in [0.25, 0.3) is 0 Å². The van der Waals surface area contributed by atoms with Gasteiger partial charge in [0, 0.05) is 33.8 Å². The molecule has 1 aromatic rings. The van der Waals surface area contributed by atoms with Gasteiger partial charge in [-0.1, -0.05) is 0 Å². The average molecular weight is 254 g/mol. The van der Waals surface area contributed by atoms with Gasteiger partial charge >= 0.3 is 5.69 Å². The minimum absolute atomic E-state index is 0.164. The lowest BCUT2D eigenvalue weighted by Gasteiger charge is -2.17. The SMILES string of the molecule is Cn1nc(N2CCC(CCO)C2)c(=O)n(C)c1=O. The first-order valence-corrected chi connectivity index (χ1v) is 6.04. The van der Waals surface area contributed by atoms with E-state index >= 15 is 0 Å². The fourth-order valence-corrected chi connectivity index (χ4v) is 2.32. The van der Waals surface area contributed by atoms with Crippen LogP contribution >= 0.6 is 0 Å². The second kappa shape index (κ2) is 4.93. The monoisotopic (exact) mass is 254 g/mol. The van der Waals surface area contributed by atoms with Crippen molar-refractivity contribution in [3.05, 3.63) is 20.8 Å². The fraction of sp³-hybridized carbons (Fsp3) is 0.727. The first kappa shape index (κ1) is 12.8. The lowest BCUT2D eigenvalue weighted by Crippen LogP contribution is -2.42. The fourth-order valence-electron chi connectivity index (χ4n) is 2.32. The van der Waals surface area contributed by atoms with Crippen molar-refractivity contribution in [1.29, 1.82) is 0 Å². The van der Waals surface area contributed by atoms with E-state index in [1.54, 1.807) is 0 Å². The highest BCUT2D eigenvalue weighted by atomic mass is 16.3. The normalized spacial score (nSPS) is 19.5. The molecular weight excluding hydrogens is 236 g/mol. The van der Waals surface area contributed by atoms with Crippen molar-refractivity contribution in [3.8, 4) is 0 Å². The van der Waals surface area contributed by atoms with Gasteiger partial charge in [-0.15, -0.1) is 5.10 Å². The number of hydrogen-bond acceptors (Lipinski definition) is 5. The van der Waals surface area contributed by atoms with Gasteiger partial charge in [-0.25, -0.2) is 9.48 Å². The number of aryl methyl sites for hydroxylation is 1. The summed E-state index contributed by atoms with van der Waals surface area (Å²) in [6, 6.07) is 0. The Kier molecular flexibility index (Phi) is 3.51. The van der Waals surface area contributed by atoms with Crippen LogP contribution in [0.2, 0.25) is 0 Å². The molecule has 7 heteroatoms. The first-order valence-electron chi connectivity index (χ1n) is 6.04. The maximum absolute atomic E-state index is 12.0. The lowest BCUT2D eigenvalue weighted by molar-refractivity contribution is 0.263. The van der Waals surface area contributed by atoms with E-state index in [9.17, 15) is 9.59 Å². The van der Waals surface area contributed by atoms with Gasteiger partial charge < -0.3 is 10.0 Å². The van der Waals surface area contributed by atoms with Crippen molar-refractivity contribution < 1.29 is 5.11 Å². The minimum Gasteiger partial charge on any atom is -0.396 e. The van der Waals surface area contributed by atoms with E-state index in [4.69, 9.17) is 5.11 Å². The quantitative estimate of drug-likeness (QED) is 0.724. The third kappa shape index (κ3) is 2.17. The van der Waals surface area contributed by atoms with Gasteiger partial charge in [-0.3, -0.25) is 9.36 Å². The number of nitrogens with zero attached hydrogens (tertiary/aromatic N) is 4. The molecule has 1 aliphatic heterocycles. The zero-order valence-electron chi connectivity index (χ0n) is 10.7. The Balaban J connectivity index is 2.31. The Hall–Kier alpha value is -1.63. The van der Waals surface area contributed by atoms with Crippen LogP contribution in [0.15, 0.2) is 9.59 Å². The van der Waals surface area contributed by atoms with Crippen LogP contribution in [0.4, 0.5) is 5.82 Å². The highest BCUT2D eigenvalue weighted by Crippen LogP contribution is 2.21. The van der Waals surface area contributed by atoms with Gasteiger partial charge in [0.15, 0.2) is 0 Å². The largest absolute Gasteiger partial charge is 0.396 e. The molecule has 0 aromatic carbocycles. The number of aromatic nitrogens is 3. The van der Waals surface area contributed by atoms with E-state index in [0.29, 0.717) is 18.3 Å². The summed E-state index contributed by atoms with van der Waals surface area (Å²) >= 11 is 0. The molecule has 1 fully saturated rings. The third-order valence-corrected chi connectivity index (χ3v) is 3.43. The Morgan fingerprint density at radius 2 is 2.11 bits per heavy atom. The summed E-state index contributed by atoms with van der Waals surface area (Å²) in [6.07, 6.45) is 1.68. The molecule has 2 heterocycles. The summed E-state index contributed by atoms with van der Waals surface area (Å²) in [5.74, 6) is 0.707. The second-order valence-corrected chi connectivity index (χ2v) is 4.71. The minimum atomic E-state index is -0.421. The number of aliphatic hydroxyl groups excluding tert-OH is 1. The van der Waals surface area contributed by atoms with Crippen LogP contribution in [0.3, 0.4) is 0 Å². The Morgan fingerprint density at radius 1 is 1.39 bits per heavy atom. The molecule has 7 nitrogen and oxygen atoms in total. The van der Waals surface area contributed by atoms with Crippen molar-refractivity contribution in [1.82, 2.24) is 14.3 Å². The van der Waals surface area contributed by atoms with Crippen LogP contribution in [0, 0.1) is 5.92 Å². The van der Waals surface area contributed by atoms with Gasteiger partial charge in [0.1, 0.15) is 0 Å². The average Bonchev–Trinajstić information content (AvgIpc) is 2.80. The predicted molar refractivity (Wildman–Crippen MR) is 66.7 cm³/mol. The van der Waals surface area contributed by atoms with Crippen LogP contribution in [-0.2, 0) is 14.1 Å². The molecule has 0 radical (unpaired) electrons. The molecule has 1 N–H and O–H groups in total. The third-order valence-electron chi connectivity index (χ3n) is 3.43. The van der Waals surface area contributed by atoms with Gasteiger partial charge in [-0.2, -0.15) is 0 Å².